The molecule has 0 bridgehead atoms. The van der Waals surface area contributed by atoms with E-state index in [0.29, 0.717) is 5.69 Å². The maximum atomic E-state index is 12.5. The van der Waals surface area contributed by atoms with E-state index in [4.69, 9.17) is 5.73 Å². The highest BCUT2D eigenvalue weighted by Crippen LogP contribution is 2.30. The third kappa shape index (κ3) is 4.63. The summed E-state index contributed by atoms with van der Waals surface area (Å²) in [4.78, 5) is 12.8. The molecule has 3 N–H and O–H groups in total. The highest BCUT2D eigenvalue weighted by Gasteiger charge is 2.30. The summed E-state index contributed by atoms with van der Waals surface area (Å²) in [5.74, 6) is -0.343. The van der Waals surface area contributed by atoms with E-state index in [-0.39, 0.29) is 18.5 Å². The van der Waals surface area contributed by atoms with Gasteiger partial charge in [-0.2, -0.15) is 13.2 Å². The molecule has 116 valence electrons. The Morgan fingerprint density at radius 1 is 1.24 bits per heavy atom. The van der Waals surface area contributed by atoms with Gasteiger partial charge in [-0.1, -0.05) is 0 Å². The number of halogens is 3. The van der Waals surface area contributed by atoms with Gasteiger partial charge in [-0.15, -0.1) is 0 Å². The van der Waals surface area contributed by atoms with Crippen molar-refractivity contribution in [3.8, 4) is 0 Å². The highest BCUT2D eigenvalue weighted by molar-refractivity contribution is 5.75. The van der Waals surface area contributed by atoms with Gasteiger partial charge in [0.15, 0.2) is 0 Å². The average Bonchev–Trinajstić information content (AvgIpc) is 2.40. The summed E-state index contributed by atoms with van der Waals surface area (Å²) >= 11 is 0. The Morgan fingerprint density at radius 2 is 1.81 bits per heavy atom. The zero-order valence-corrected chi connectivity index (χ0v) is 11.5. The molecule has 21 heavy (non-hydrogen) atoms. The number of hydrogen-bond donors (Lipinski definition) is 2. The standard InChI is InChI=1S/C14H18F3N3O/c15-14(16,17)10-1-3-11(4-2-10)19-12-5-7-20(8-6-12)9-13(18)21/h1-4,12,19H,5-9H2,(H2,18,21). The largest absolute Gasteiger partial charge is 0.416 e. The lowest BCUT2D eigenvalue weighted by atomic mass is 10.0. The van der Waals surface area contributed by atoms with Gasteiger partial charge < -0.3 is 11.1 Å². The van der Waals surface area contributed by atoms with Gasteiger partial charge in [0.25, 0.3) is 0 Å². The van der Waals surface area contributed by atoms with E-state index in [9.17, 15) is 18.0 Å². The van der Waals surface area contributed by atoms with E-state index >= 15 is 0 Å². The first-order valence-corrected chi connectivity index (χ1v) is 6.79. The number of likely N-dealkylation sites (tertiary alicyclic amines) is 1. The van der Waals surface area contributed by atoms with Crippen LogP contribution in [0.1, 0.15) is 18.4 Å². The molecule has 4 nitrogen and oxygen atoms in total. The number of carbonyl (C=O) groups excluding carboxylic acids is 1. The molecule has 1 fully saturated rings. The van der Waals surface area contributed by atoms with Gasteiger partial charge in [-0.05, 0) is 37.1 Å². The van der Waals surface area contributed by atoms with Crippen LogP contribution >= 0.6 is 0 Å². The smallest absolute Gasteiger partial charge is 0.382 e. The van der Waals surface area contributed by atoms with Crippen LogP contribution < -0.4 is 11.1 Å². The van der Waals surface area contributed by atoms with Gasteiger partial charge in [0, 0.05) is 24.8 Å². The Kier molecular flexibility index (Phi) is 4.72. The fourth-order valence-electron chi connectivity index (χ4n) is 2.45. The van der Waals surface area contributed by atoms with Gasteiger partial charge >= 0.3 is 6.18 Å². The molecule has 0 aromatic heterocycles. The number of rotatable bonds is 4. The first-order chi connectivity index (χ1) is 9.84. The SMILES string of the molecule is NC(=O)CN1CCC(Nc2ccc(C(F)(F)F)cc2)CC1. The van der Waals surface area contributed by atoms with Crippen molar-refractivity contribution in [2.24, 2.45) is 5.73 Å². The molecule has 1 heterocycles. The summed E-state index contributed by atoms with van der Waals surface area (Å²) in [6.45, 7) is 1.76. The van der Waals surface area contributed by atoms with Crippen molar-refractivity contribution < 1.29 is 18.0 Å². The van der Waals surface area contributed by atoms with Crippen molar-refractivity contribution in [2.45, 2.75) is 25.1 Å². The molecular weight excluding hydrogens is 283 g/mol. The lowest BCUT2D eigenvalue weighted by molar-refractivity contribution is -0.137. The number of amides is 1. The van der Waals surface area contributed by atoms with Crippen molar-refractivity contribution >= 4 is 11.6 Å². The number of nitrogens with two attached hydrogens (primary N) is 1. The number of anilines is 1. The first kappa shape index (κ1) is 15.6. The Morgan fingerprint density at radius 3 is 2.29 bits per heavy atom. The minimum atomic E-state index is -4.31. The van der Waals surface area contributed by atoms with Crippen molar-refractivity contribution in [1.29, 1.82) is 0 Å². The molecule has 1 aromatic carbocycles. The van der Waals surface area contributed by atoms with Crippen LogP contribution in [0.3, 0.4) is 0 Å². The molecule has 1 aromatic rings. The quantitative estimate of drug-likeness (QED) is 0.895. The summed E-state index contributed by atoms with van der Waals surface area (Å²) in [6.07, 6.45) is -2.65. The van der Waals surface area contributed by atoms with Crippen LogP contribution in [0.4, 0.5) is 18.9 Å². The van der Waals surface area contributed by atoms with E-state index in [2.05, 4.69) is 5.32 Å². The number of carbonyl (C=O) groups is 1. The first-order valence-electron chi connectivity index (χ1n) is 6.79. The van der Waals surface area contributed by atoms with Crippen molar-refractivity contribution in [2.75, 3.05) is 25.0 Å². The highest BCUT2D eigenvalue weighted by atomic mass is 19.4. The summed E-state index contributed by atoms with van der Waals surface area (Å²) < 4.78 is 37.4. The second-order valence-corrected chi connectivity index (χ2v) is 5.24. The number of alkyl halides is 3. The minimum Gasteiger partial charge on any atom is -0.382 e. The van der Waals surface area contributed by atoms with Crippen LogP contribution in [-0.2, 0) is 11.0 Å². The number of nitrogens with one attached hydrogen (secondary N) is 1. The Balaban J connectivity index is 1.85. The van der Waals surface area contributed by atoms with Crippen LogP contribution in [0.2, 0.25) is 0 Å². The number of benzene rings is 1. The van der Waals surface area contributed by atoms with Crippen molar-refractivity contribution in [3.05, 3.63) is 29.8 Å². The number of primary amides is 1. The van der Waals surface area contributed by atoms with Gasteiger partial charge in [-0.3, -0.25) is 9.69 Å². The lowest BCUT2D eigenvalue weighted by Gasteiger charge is -2.32. The molecule has 0 atom stereocenters. The van der Waals surface area contributed by atoms with Gasteiger partial charge in [0.1, 0.15) is 0 Å². The van der Waals surface area contributed by atoms with Gasteiger partial charge in [0.05, 0.1) is 12.1 Å². The van der Waals surface area contributed by atoms with Crippen LogP contribution in [0.25, 0.3) is 0 Å². The van der Waals surface area contributed by atoms with Crippen molar-refractivity contribution in [1.82, 2.24) is 4.90 Å². The monoisotopic (exact) mass is 301 g/mol. The number of hydrogen-bond acceptors (Lipinski definition) is 3. The Labute approximate surface area is 121 Å². The summed E-state index contributed by atoms with van der Waals surface area (Å²) in [6, 6.07) is 5.23. The molecule has 0 unspecified atom stereocenters. The molecule has 0 radical (unpaired) electrons. The second kappa shape index (κ2) is 6.34. The zero-order valence-electron chi connectivity index (χ0n) is 11.5. The Hall–Kier alpha value is -1.76. The fraction of sp³-hybridized carbons (Fsp3) is 0.500. The third-order valence-electron chi connectivity index (χ3n) is 3.55. The summed E-state index contributed by atoms with van der Waals surface area (Å²) in [5.41, 5.74) is 5.17. The summed E-state index contributed by atoms with van der Waals surface area (Å²) in [5, 5.41) is 3.22. The molecule has 2 rings (SSSR count). The molecule has 1 saturated heterocycles. The van der Waals surface area contributed by atoms with E-state index in [1.165, 1.54) is 12.1 Å². The number of piperidine rings is 1. The van der Waals surface area contributed by atoms with E-state index in [1.54, 1.807) is 0 Å². The molecular formula is C14H18F3N3O. The fourth-order valence-corrected chi connectivity index (χ4v) is 2.45. The Bertz CT molecular complexity index is 479. The van der Waals surface area contributed by atoms with E-state index in [1.807, 2.05) is 4.90 Å². The molecule has 0 saturated carbocycles. The maximum absolute atomic E-state index is 12.5. The van der Waals surface area contributed by atoms with Crippen LogP contribution in [0.15, 0.2) is 24.3 Å². The average molecular weight is 301 g/mol. The van der Waals surface area contributed by atoms with Crippen LogP contribution in [0, 0.1) is 0 Å². The summed E-state index contributed by atoms with van der Waals surface area (Å²) in [7, 11) is 0. The van der Waals surface area contributed by atoms with Crippen LogP contribution in [-0.4, -0.2) is 36.5 Å². The lowest BCUT2D eigenvalue weighted by Crippen LogP contribution is -2.42. The minimum absolute atomic E-state index is 0.200. The topological polar surface area (TPSA) is 58.4 Å². The maximum Gasteiger partial charge on any atom is 0.416 e. The molecule has 7 heteroatoms. The normalized spacial score (nSPS) is 17.7. The predicted molar refractivity (Wildman–Crippen MR) is 73.7 cm³/mol. The molecule has 1 aliphatic heterocycles. The molecule has 0 aliphatic carbocycles. The predicted octanol–water partition coefficient (Wildman–Crippen LogP) is 2.07. The van der Waals surface area contributed by atoms with Crippen molar-refractivity contribution in [3.63, 3.8) is 0 Å². The molecule has 1 aliphatic rings. The molecule has 1 amide bonds. The van der Waals surface area contributed by atoms with E-state index in [0.717, 1.165) is 38.1 Å². The third-order valence-corrected chi connectivity index (χ3v) is 3.55. The van der Waals surface area contributed by atoms with E-state index < -0.39 is 11.7 Å². The second-order valence-electron chi connectivity index (χ2n) is 5.24. The molecule has 0 spiro atoms. The van der Waals surface area contributed by atoms with Crippen LogP contribution in [0.5, 0.6) is 0 Å². The van der Waals surface area contributed by atoms with Gasteiger partial charge in [-0.25, -0.2) is 0 Å². The zero-order chi connectivity index (χ0) is 15.5. The van der Waals surface area contributed by atoms with Gasteiger partial charge in [0.2, 0.25) is 5.91 Å². The number of nitrogens with zero attached hydrogens (tertiary/aromatic N) is 1.